The van der Waals surface area contributed by atoms with E-state index in [1.165, 1.54) is 0 Å². The van der Waals surface area contributed by atoms with Crippen molar-refractivity contribution in [3.8, 4) is 0 Å². The SMILES string of the molecule is C=C(CNCCC)COCCOCC(C)C. The first-order chi connectivity index (χ1) is 7.66. The second-order valence-corrected chi connectivity index (χ2v) is 4.45. The van der Waals surface area contributed by atoms with Crippen LogP contribution < -0.4 is 5.32 Å². The summed E-state index contributed by atoms with van der Waals surface area (Å²) in [5.74, 6) is 0.591. The van der Waals surface area contributed by atoms with Crippen LogP contribution in [0.2, 0.25) is 0 Å². The van der Waals surface area contributed by atoms with Crippen LogP contribution in [0.4, 0.5) is 0 Å². The quantitative estimate of drug-likeness (QED) is 0.435. The Hall–Kier alpha value is -0.380. The number of ether oxygens (including phenoxy) is 2. The van der Waals surface area contributed by atoms with Gasteiger partial charge in [0.2, 0.25) is 0 Å². The molecule has 0 spiro atoms. The van der Waals surface area contributed by atoms with Crippen molar-refractivity contribution in [1.82, 2.24) is 5.32 Å². The molecule has 0 aromatic rings. The number of hydrogen-bond acceptors (Lipinski definition) is 3. The zero-order chi connectivity index (χ0) is 12.2. The zero-order valence-electron chi connectivity index (χ0n) is 11.1. The molecule has 0 heterocycles. The van der Waals surface area contributed by atoms with Gasteiger partial charge in [-0.25, -0.2) is 0 Å². The minimum absolute atomic E-state index is 0.591. The van der Waals surface area contributed by atoms with Crippen molar-refractivity contribution in [2.24, 2.45) is 5.92 Å². The van der Waals surface area contributed by atoms with Crippen molar-refractivity contribution in [2.75, 3.05) is 39.5 Å². The highest BCUT2D eigenvalue weighted by Gasteiger charge is 1.96. The molecule has 0 fully saturated rings. The molecule has 0 bridgehead atoms. The van der Waals surface area contributed by atoms with Gasteiger partial charge < -0.3 is 14.8 Å². The van der Waals surface area contributed by atoms with Crippen molar-refractivity contribution >= 4 is 0 Å². The van der Waals surface area contributed by atoms with Gasteiger partial charge in [0.15, 0.2) is 0 Å². The minimum Gasteiger partial charge on any atom is -0.379 e. The lowest BCUT2D eigenvalue weighted by Gasteiger charge is -2.09. The van der Waals surface area contributed by atoms with Gasteiger partial charge in [0.25, 0.3) is 0 Å². The number of nitrogens with one attached hydrogen (secondary N) is 1. The van der Waals surface area contributed by atoms with E-state index in [4.69, 9.17) is 9.47 Å². The molecular formula is C13H27NO2. The third-order valence-corrected chi connectivity index (χ3v) is 1.93. The number of rotatable bonds is 11. The molecule has 3 nitrogen and oxygen atoms in total. The van der Waals surface area contributed by atoms with Crippen molar-refractivity contribution < 1.29 is 9.47 Å². The average molecular weight is 229 g/mol. The summed E-state index contributed by atoms with van der Waals surface area (Å²) in [5, 5.41) is 3.29. The van der Waals surface area contributed by atoms with Crippen LogP contribution in [0.15, 0.2) is 12.2 Å². The molecule has 0 rings (SSSR count). The van der Waals surface area contributed by atoms with Crippen LogP contribution >= 0.6 is 0 Å². The van der Waals surface area contributed by atoms with Crippen molar-refractivity contribution in [1.29, 1.82) is 0 Å². The lowest BCUT2D eigenvalue weighted by atomic mass is 10.2. The molecule has 0 unspecified atom stereocenters. The van der Waals surface area contributed by atoms with Gasteiger partial charge in [0.05, 0.1) is 19.8 Å². The molecule has 0 atom stereocenters. The first-order valence-electron chi connectivity index (χ1n) is 6.19. The zero-order valence-corrected chi connectivity index (χ0v) is 11.1. The minimum atomic E-state index is 0.591. The molecule has 3 heteroatoms. The first-order valence-corrected chi connectivity index (χ1v) is 6.19. The maximum Gasteiger partial charge on any atom is 0.0704 e. The Labute approximate surface area is 100 Å². The maximum absolute atomic E-state index is 5.44. The standard InChI is InChI=1S/C13H27NO2/c1-5-6-14-9-13(4)11-16-8-7-15-10-12(2)3/h12,14H,4-11H2,1-3H3. The van der Waals surface area contributed by atoms with E-state index in [0.717, 1.165) is 31.7 Å². The molecule has 0 aromatic heterocycles. The average Bonchev–Trinajstić information content (AvgIpc) is 2.23. The summed E-state index contributed by atoms with van der Waals surface area (Å²) in [6.45, 7) is 15.0. The fourth-order valence-electron chi connectivity index (χ4n) is 1.15. The van der Waals surface area contributed by atoms with E-state index >= 15 is 0 Å². The van der Waals surface area contributed by atoms with E-state index < -0.39 is 0 Å². The number of hydrogen-bond donors (Lipinski definition) is 1. The third kappa shape index (κ3) is 11.7. The molecule has 0 aliphatic carbocycles. The summed E-state index contributed by atoms with van der Waals surface area (Å²) in [7, 11) is 0. The molecule has 1 N–H and O–H groups in total. The summed E-state index contributed by atoms with van der Waals surface area (Å²) in [4.78, 5) is 0. The van der Waals surface area contributed by atoms with Gasteiger partial charge in [0.1, 0.15) is 0 Å². The smallest absolute Gasteiger partial charge is 0.0704 e. The van der Waals surface area contributed by atoms with E-state index in [9.17, 15) is 0 Å². The Morgan fingerprint density at radius 1 is 1.25 bits per heavy atom. The Bertz CT molecular complexity index is 169. The molecular weight excluding hydrogens is 202 g/mol. The summed E-state index contributed by atoms with van der Waals surface area (Å²) >= 11 is 0. The normalized spacial score (nSPS) is 11.0. The van der Waals surface area contributed by atoms with Gasteiger partial charge in [-0.2, -0.15) is 0 Å². The topological polar surface area (TPSA) is 30.5 Å². The molecule has 0 amide bonds. The van der Waals surface area contributed by atoms with Crippen LogP contribution in [-0.4, -0.2) is 39.5 Å². The van der Waals surface area contributed by atoms with Crippen molar-refractivity contribution in [3.05, 3.63) is 12.2 Å². The highest BCUT2D eigenvalue weighted by Crippen LogP contribution is 1.93. The monoisotopic (exact) mass is 229 g/mol. The van der Waals surface area contributed by atoms with Gasteiger partial charge in [-0.3, -0.25) is 0 Å². The summed E-state index contributed by atoms with van der Waals surface area (Å²) < 4.78 is 10.8. The van der Waals surface area contributed by atoms with E-state index in [2.05, 4.69) is 32.7 Å². The molecule has 0 aliphatic rings. The van der Waals surface area contributed by atoms with Gasteiger partial charge >= 0.3 is 0 Å². The van der Waals surface area contributed by atoms with Crippen molar-refractivity contribution in [2.45, 2.75) is 27.2 Å². The second kappa shape index (κ2) is 11.1. The van der Waals surface area contributed by atoms with Gasteiger partial charge in [-0.05, 0) is 24.5 Å². The highest BCUT2D eigenvalue weighted by atomic mass is 16.5. The maximum atomic E-state index is 5.44. The molecule has 0 saturated heterocycles. The lowest BCUT2D eigenvalue weighted by Crippen LogP contribution is -2.20. The van der Waals surface area contributed by atoms with E-state index in [1.807, 2.05) is 0 Å². The van der Waals surface area contributed by atoms with E-state index in [0.29, 0.717) is 25.7 Å². The van der Waals surface area contributed by atoms with Gasteiger partial charge in [-0.15, -0.1) is 0 Å². The Morgan fingerprint density at radius 3 is 2.56 bits per heavy atom. The van der Waals surface area contributed by atoms with Crippen LogP contribution in [0.25, 0.3) is 0 Å². The van der Waals surface area contributed by atoms with E-state index in [-0.39, 0.29) is 0 Å². The van der Waals surface area contributed by atoms with Gasteiger partial charge in [-0.1, -0.05) is 27.4 Å². The fourth-order valence-corrected chi connectivity index (χ4v) is 1.15. The predicted octanol–water partition coefficient (Wildman–Crippen LogP) is 2.23. The fraction of sp³-hybridized carbons (Fsp3) is 0.846. The third-order valence-electron chi connectivity index (χ3n) is 1.93. The largest absolute Gasteiger partial charge is 0.379 e. The van der Waals surface area contributed by atoms with Crippen LogP contribution in [0.1, 0.15) is 27.2 Å². The first kappa shape index (κ1) is 15.6. The second-order valence-electron chi connectivity index (χ2n) is 4.45. The lowest BCUT2D eigenvalue weighted by molar-refractivity contribution is 0.0448. The molecule has 0 saturated carbocycles. The summed E-state index contributed by atoms with van der Waals surface area (Å²) in [6.07, 6.45) is 1.15. The van der Waals surface area contributed by atoms with E-state index in [1.54, 1.807) is 0 Å². The molecule has 0 aliphatic heterocycles. The van der Waals surface area contributed by atoms with Gasteiger partial charge in [0, 0.05) is 13.2 Å². The van der Waals surface area contributed by atoms with Crippen LogP contribution in [-0.2, 0) is 9.47 Å². The van der Waals surface area contributed by atoms with Crippen LogP contribution in [0, 0.1) is 5.92 Å². The summed E-state index contributed by atoms with van der Waals surface area (Å²) in [5.41, 5.74) is 1.09. The van der Waals surface area contributed by atoms with Crippen LogP contribution in [0.3, 0.4) is 0 Å². The summed E-state index contributed by atoms with van der Waals surface area (Å²) in [6, 6.07) is 0. The molecule has 0 aromatic carbocycles. The van der Waals surface area contributed by atoms with Crippen LogP contribution in [0.5, 0.6) is 0 Å². The molecule has 16 heavy (non-hydrogen) atoms. The molecule has 0 radical (unpaired) electrons. The Balaban J connectivity index is 3.15. The molecule has 96 valence electrons. The predicted molar refractivity (Wildman–Crippen MR) is 68.8 cm³/mol. The highest BCUT2D eigenvalue weighted by molar-refractivity contribution is 4.96. The van der Waals surface area contributed by atoms with Crippen molar-refractivity contribution in [3.63, 3.8) is 0 Å². The Morgan fingerprint density at radius 2 is 1.94 bits per heavy atom. The Kier molecular flexibility index (Phi) is 10.9.